The van der Waals surface area contributed by atoms with Crippen molar-refractivity contribution in [3.8, 4) is 0 Å². The van der Waals surface area contributed by atoms with Crippen LogP contribution in [-0.2, 0) is 0 Å². The summed E-state index contributed by atoms with van der Waals surface area (Å²) in [5, 5.41) is 6.65. The van der Waals surface area contributed by atoms with Gasteiger partial charge in [0.15, 0.2) is 0 Å². The molecule has 21 heavy (non-hydrogen) atoms. The summed E-state index contributed by atoms with van der Waals surface area (Å²) in [5.74, 6) is 2.82. The average Bonchev–Trinajstić information content (AvgIpc) is 3.14. The van der Waals surface area contributed by atoms with Crippen molar-refractivity contribution in [2.75, 3.05) is 23.3 Å². The van der Waals surface area contributed by atoms with Crippen molar-refractivity contribution < 1.29 is 0 Å². The lowest BCUT2D eigenvalue weighted by atomic mass is 9.92. The first kappa shape index (κ1) is 13.3. The number of thiophene rings is 1. The van der Waals surface area contributed by atoms with Gasteiger partial charge in [0.1, 0.15) is 10.6 Å². The maximum atomic E-state index is 4.86. The van der Waals surface area contributed by atoms with Crippen LogP contribution in [-0.4, -0.2) is 29.1 Å². The van der Waals surface area contributed by atoms with Crippen LogP contribution in [0.4, 0.5) is 11.8 Å². The number of hydrogen-bond acceptors (Lipinski definition) is 5. The van der Waals surface area contributed by atoms with Crippen LogP contribution in [0.5, 0.6) is 0 Å². The Kier molecular flexibility index (Phi) is 3.45. The molecule has 1 aliphatic carbocycles. The standard InChI is InChI=1S/C16H22N4S/c1-2-17-16-18-14(12-8-10-21-15(12)19-16)20-9-4-6-11-5-3-7-13(11)20/h8,10-11,13H,2-7,9H2,1H3,(H,17,18,19). The second kappa shape index (κ2) is 5.44. The maximum Gasteiger partial charge on any atom is 0.226 e. The van der Waals surface area contributed by atoms with Gasteiger partial charge in [-0.15, -0.1) is 11.3 Å². The van der Waals surface area contributed by atoms with Crippen molar-refractivity contribution in [3.05, 3.63) is 11.4 Å². The Bertz CT molecular complexity index is 638. The maximum absolute atomic E-state index is 4.86. The lowest BCUT2D eigenvalue weighted by Crippen LogP contribution is -2.43. The topological polar surface area (TPSA) is 41.1 Å². The fourth-order valence-electron chi connectivity index (χ4n) is 4.01. The van der Waals surface area contributed by atoms with Gasteiger partial charge in [-0.2, -0.15) is 4.98 Å². The summed E-state index contributed by atoms with van der Waals surface area (Å²) in [4.78, 5) is 13.2. The predicted molar refractivity (Wildman–Crippen MR) is 89.3 cm³/mol. The molecule has 2 aromatic heterocycles. The van der Waals surface area contributed by atoms with Crippen molar-refractivity contribution in [3.63, 3.8) is 0 Å². The summed E-state index contributed by atoms with van der Waals surface area (Å²) in [7, 11) is 0. The van der Waals surface area contributed by atoms with Gasteiger partial charge in [-0.1, -0.05) is 6.42 Å². The minimum atomic E-state index is 0.700. The highest BCUT2D eigenvalue weighted by Crippen LogP contribution is 2.41. The Labute approximate surface area is 129 Å². The van der Waals surface area contributed by atoms with Crippen LogP contribution in [0.3, 0.4) is 0 Å². The van der Waals surface area contributed by atoms with Gasteiger partial charge in [0.05, 0.1) is 5.39 Å². The molecule has 1 N–H and O–H groups in total. The summed E-state index contributed by atoms with van der Waals surface area (Å²) in [6.07, 6.45) is 6.81. The first-order valence-corrected chi connectivity index (χ1v) is 9.00. The molecular weight excluding hydrogens is 280 g/mol. The highest BCUT2D eigenvalue weighted by molar-refractivity contribution is 7.16. The molecular formula is C16H22N4S. The molecule has 4 rings (SSSR count). The molecule has 1 saturated heterocycles. The van der Waals surface area contributed by atoms with Crippen molar-refractivity contribution in [2.24, 2.45) is 5.92 Å². The molecule has 112 valence electrons. The molecule has 2 atom stereocenters. The number of nitrogens with zero attached hydrogens (tertiary/aromatic N) is 3. The van der Waals surface area contributed by atoms with Crippen LogP contribution in [0.15, 0.2) is 11.4 Å². The fourth-order valence-corrected chi connectivity index (χ4v) is 4.77. The second-order valence-electron chi connectivity index (χ2n) is 6.13. The van der Waals surface area contributed by atoms with Crippen LogP contribution < -0.4 is 10.2 Å². The van der Waals surface area contributed by atoms with Crippen LogP contribution in [0.25, 0.3) is 10.2 Å². The summed E-state index contributed by atoms with van der Waals surface area (Å²) in [6, 6.07) is 2.88. The van der Waals surface area contributed by atoms with E-state index in [2.05, 4.69) is 33.6 Å². The zero-order chi connectivity index (χ0) is 14.2. The normalized spacial score (nSPS) is 25.3. The van der Waals surface area contributed by atoms with E-state index in [-0.39, 0.29) is 0 Å². The van der Waals surface area contributed by atoms with E-state index in [1.165, 1.54) is 37.5 Å². The fraction of sp³-hybridized carbons (Fsp3) is 0.625. The second-order valence-corrected chi connectivity index (χ2v) is 7.03. The van der Waals surface area contributed by atoms with E-state index in [1.54, 1.807) is 11.3 Å². The molecule has 3 heterocycles. The molecule has 2 aliphatic rings. The Balaban J connectivity index is 1.78. The van der Waals surface area contributed by atoms with Gasteiger partial charge < -0.3 is 10.2 Å². The number of fused-ring (bicyclic) bond motifs is 2. The van der Waals surface area contributed by atoms with Crippen LogP contribution >= 0.6 is 11.3 Å². The number of nitrogens with one attached hydrogen (secondary N) is 1. The minimum Gasteiger partial charge on any atom is -0.354 e. The van der Waals surface area contributed by atoms with E-state index in [9.17, 15) is 0 Å². The molecule has 2 unspecified atom stereocenters. The molecule has 0 radical (unpaired) electrons. The first-order valence-electron chi connectivity index (χ1n) is 8.12. The number of hydrogen-bond donors (Lipinski definition) is 1. The van der Waals surface area contributed by atoms with E-state index in [0.717, 1.165) is 35.6 Å². The molecule has 0 amide bonds. The SMILES string of the molecule is CCNc1nc(N2CCCC3CCCC32)c2ccsc2n1. The molecule has 0 spiro atoms. The number of anilines is 2. The van der Waals surface area contributed by atoms with Crippen molar-refractivity contribution >= 4 is 33.3 Å². The van der Waals surface area contributed by atoms with Crippen LogP contribution in [0.1, 0.15) is 39.0 Å². The summed E-state index contributed by atoms with van der Waals surface area (Å²) in [6.45, 7) is 4.10. The third-order valence-electron chi connectivity index (χ3n) is 4.91. The van der Waals surface area contributed by atoms with E-state index in [1.807, 2.05) is 0 Å². The van der Waals surface area contributed by atoms with E-state index in [0.29, 0.717) is 6.04 Å². The van der Waals surface area contributed by atoms with Gasteiger partial charge in [-0.25, -0.2) is 4.98 Å². The van der Waals surface area contributed by atoms with Crippen molar-refractivity contribution in [1.82, 2.24) is 9.97 Å². The highest BCUT2D eigenvalue weighted by Gasteiger charge is 2.36. The number of aromatic nitrogens is 2. The number of piperidine rings is 1. The quantitative estimate of drug-likeness (QED) is 0.934. The molecule has 0 aromatic carbocycles. The van der Waals surface area contributed by atoms with E-state index in [4.69, 9.17) is 4.98 Å². The monoisotopic (exact) mass is 302 g/mol. The average molecular weight is 302 g/mol. The Morgan fingerprint density at radius 1 is 1.29 bits per heavy atom. The van der Waals surface area contributed by atoms with Crippen molar-refractivity contribution in [1.29, 1.82) is 0 Å². The minimum absolute atomic E-state index is 0.700. The lowest BCUT2D eigenvalue weighted by Gasteiger charge is -2.39. The van der Waals surface area contributed by atoms with Gasteiger partial charge in [0, 0.05) is 19.1 Å². The zero-order valence-corrected chi connectivity index (χ0v) is 13.3. The van der Waals surface area contributed by atoms with Crippen molar-refractivity contribution in [2.45, 2.75) is 45.1 Å². The smallest absolute Gasteiger partial charge is 0.226 e. The molecule has 5 heteroatoms. The third-order valence-corrected chi connectivity index (χ3v) is 5.71. The van der Waals surface area contributed by atoms with E-state index < -0.39 is 0 Å². The predicted octanol–water partition coefficient (Wildman–Crippen LogP) is 3.89. The zero-order valence-electron chi connectivity index (χ0n) is 12.5. The van der Waals surface area contributed by atoms with Gasteiger partial charge in [0.25, 0.3) is 0 Å². The summed E-state index contributed by atoms with van der Waals surface area (Å²) >= 11 is 1.71. The molecule has 4 nitrogen and oxygen atoms in total. The third kappa shape index (κ3) is 2.27. The largest absolute Gasteiger partial charge is 0.354 e. The molecule has 2 aromatic rings. The summed E-state index contributed by atoms with van der Waals surface area (Å²) < 4.78 is 0. The van der Waals surface area contributed by atoms with Gasteiger partial charge in [-0.05, 0) is 50.0 Å². The Hall–Kier alpha value is -1.36. The van der Waals surface area contributed by atoms with Gasteiger partial charge >= 0.3 is 0 Å². The van der Waals surface area contributed by atoms with Gasteiger partial charge in [0.2, 0.25) is 5.95 Å². The highest BCUT2D eigenvalue weighted by atomic mass is 32.1. The molecule has 0 bridgehead atoms. The van der Waals surface area contributed by atoms with Crippen LogP contribution in [0, 0.1) is 5.92 Å². The molecule has 2 fully saturated rings. The Morgan fingerprint density at radius 3 is 3.10 bits per heavy atom. The van der Waals surface area contributed by atoms with Crippen LogP contribution in [0.2, 0.25) is 0 Å². The first-order chi connectivity index (χ1) is 10.4. The van der Waals surface area contributed by atoms with Gasteiger partial charge in [-0.3, -0.25) is 0 Å². The number of rotatable bonds is 3. The lowest BCUT2D eigenvalue weighted by molar-refractivity contribution is 0.361. The summed E-state index contributed by atoms with van der Waals surface area (Å²) in [5.41, 5.74) is 0. The van der Waals surface area contributed by atoms with E-state index >= 15 is 0 Å². The molecule has 1 saturated carbocycles. The molecule has 1 aliphatic heterocycles. The Morgan fingerprint density at radius 2 is 2.19 bits per heavy atom.